The van der Waals surface area contributed by atoms with Crippen molar-refractivity contribution >= 4 is 27.5 Å². The third-order valence-corrected chi connectivity index (χ3v) is 6.54. The maximum absolute atomic E-state index is 13.1. The Morgan fingerprint density at radius 2 is 1.88 bits per heavy atom. The van der Waals surface area contributed by atoms with E-state index in [1.165, 1.54) is 27.8 Å². The number of nitrogens with zero attached hydrogens (tertiary/aromatic N) is 2. The molecule has 4 rings (SSSR count). The molecule has 0 aliphatic heterocycles. The van der Waals surface area contributed by atoms with Gasteiger partial charge in [-0.15, -0.1) is 11.3 Å². The highest BCUT2D eigenvalue weighted by molar-refractivity contribution is 7.17. The van der Waals surface area contributed by atoms with Crippen LogP contribution in [0.3, 0.4) is 0 Å². The number of benzene rings is 2. The van der Waals surface area contributed by atoms with Gasteiger partial charge in [-0.25, -0.2) is 4.98 Å². The predicted molar refractivity (Wildman–Crippen MR) is 133 cm³/mol. The normalized spacial score (nSPS) is 11.0. The van der Waals surface area contributed by atoms with Crippen molar-refractivity contribution in [1.29, 1.82) is 0 Å². The van der Waals surface area contributed by atoms with Crippen LogP contribution in [0, 0.1) is 13.8 Å². The van der Waals surface area contributed by atoms with Gasteiger partial charge in [-0.05, 0) is 37.5 Å². The lowest BCUT2D eigenvalue weighted by Crippen LogP contribution is -2.29. The molecule has 170 valence electrons. The Bertz CT molecular complexity index is 1340. The number of nitrogens with one attached hydrogen (secondary N) is 1. The molecule has 6 nitrogen and oxygen atoms in total. The van der Waals surface area contributed by atoms with Gasteiger partial charge >= 0.3 is 0 Å². The molecule has 0 radical (unpaired) electrons. The smallest absolute Gasteiger partial charge is 0.262 e. The molecule has 0 spiro atoms. The SMILES string of the molecule is COc1ccc(C)cc1CCNC(=O)CCn1cnc2scc(-c3ccc(C)cc3)c2c1=O. The van der Waals surface area contributed by atoms with E-state index in [0.29, 0.717) is 23.2 Å². The number of aryl methyl sites for hydroxylation is 3. The Kier molecular flexibility index (Phi) is 6.89. The molecule has 0 aliphatic carbocycles. The molecule has 7 heteroatoms. The first-order chi connectivity index (χ1) is 16.0. The highest BCUT2D eigenvalue weighted by atomic mass is 32.1. The van der Waals surface area contributed by atoms with Gasteiger partial charge in [0.25, 0.3) is 5.56 Å². The Hall–Kier alpha value is -3.45. The summed E-state index contributed by atoms with van der Waals surface area (Å²) in [6.07, 6.45) is 2.42. The zero-order chi connectivity index (χ0) is 23.4. The third kappa shape index (κ3) is 5.14. The van der Waals surface area contributed by atoms with Crippen LogP contribution < -0.4 is 15.6 Å². The summed E-state index contributed by atoms with van der Waals surface area (Å²) in [5.74, 6) is 0.721. The van der Waals surface area contributed by atoms with Gasteiger partial charge in [-0.2, -0.15) is 0 Å². The largest absolute Gasteiger partial charge is 0.496 e. The average molecular weight is 462 g/mol. The molecule has 0 fully saturated rings. The van der Waals surface area contributed by atoms with Crippen molar-refractivity contribution in [3.8, 4) is 16.9 Å². The lowest BCUT2D eigenvalue weighted by molar-refractivity contribution is -0.121. The molecule has 33 heavy (non-hydrogen) atoms. The maximum atomic E-state index is 13.1. The molecule has 0 unspecified atom stereocenters. The Labute approximate surface area is 196 Å². The van der Waals surface area contributed by atoms with Crippen LogP contribution in [0.2, 0.25) is 0 Å². The zero-order valence-electron chi connectivity index (χ0n) is 19.1. The minimum absolute atomic E-state index is 0.0994. The van der Waals surface area contributed by atoms with Gasteiger partial charge in [0.05, 0.1) is 18.8 Å². The molecular formula is C26H27N3O3S. The van der Waals surface area contributed by atoms with Crippen LogP contribution in [0.15, 0.2) is 59.0 Å². The first kappa shape index (κ1) is 22.7. The van der Waals surface area contributed by atoms with Gasteiger partial charge in [0.2, 0.25) is 5.91 Å². The molecule has 0 aliphatic rings. The first-order valence-electron chi connectivity index (χ1n) is 10.9. The maximum Gasteiger partial charge on any atom is 0.262 e. The number of hydrogen-bond donors (Lipinski definition) is 1. The number of ether oxygens (including phenoxy) is 1. The predicted octanol–water partition coefficient (Wildman–Crippen LogP) is 4.50. The Morgan fingerprint density at radius 3 is 2.64 bits per heavy atom. The van der Waals surface area contributed by atoms with E-state index in [-0.39, 0.29) is 24.4 Å². The number of hydrogen-bond acceptors (Lipinski definition) is 5. The molecule has 4 aromatic rings. The number of carbonyl (C=O) groups excluding carboxylic acids is 1. The standard InChI is InChI=1S/C26H27N3O3S/c1-17-4-7-19(8-5-17)21-15-33-25-24(21)26(31)29(16-28-25)13-11-23(30)27-12-10-20-14-18(2)6-9-22(20)32-3/h4-9,14-16H,10-13H2,1-3H3,(H,27,30). The number of carbonyl (C=O) groups is 1. The number of aromatic nitrogens is 2. The molecule has 1 N–H and O–H groups in total. The van der Waals surface area contributed by atoms with Crippen molar-refractivity contribution in [3.63, 3.8) is 0 Å². The van der Waals surface area contributed by atoms with Crippen LogP contribution in [-0.2, 0) is 17.8 Å². The van der Waals surface area contributed by atoms with Crippen molar-refractivity contribution < 1.29 is 9.53 Å². The van der Waals surface area contributed by atoms with E-state index in [2.05, 4.69) is 16.4 Å². The van der Waals surface area contributed by atoms with Crippen LogP contribution in [0.4, 0.5) is 0 Å². The fraction of sp³-hybridized carbons (Fsp3) is 0.269. The Balaban J connectivity index is 1.41. The van der Waals surface area contributed by atoms with Gasteiger partial charge in [-0.3, -0.25) is 14.2 Å². The van der Waals surface area contributed by atoms with E-state index >= 15 is 0 Å². The number of fused-ring (bicyclic) bond motifs is 1. The summed E-state index contributed by atoms with van der Waals surface area (Å²) in [6, 6.07) is 14.1. The summed E-state index contributed by atoms with van der Waals surface area (Å²) in [5, 5.41) is 5.52. The first-order valence-corrected chi connectivity index (χ1v) is 11.8. The molecule has 2 heterocycles. The van der Waals surface area contributed by atoms with Crippen LogP contribution in [-0.4, -0.2) is 29.1 Å². The lowest BCUT2D eigenvalue weighted by atomic mass is 10.1. The minimum atomic E-state index is -0.117. The van der Waals surface area contributed by atoms with Crippen molar-refractivity contribution in [2.45, 2.75) is 33.2 Å². The van der Waals surface area contributed by atoms with Gasteiger partial charge in [-0.1, -0.05) is 47.5 Å². The number of amides is 1. The summed E-state index contributed by atoms with van der Waals surface area (Å²) in [6.45, 7) is 4.85. The topological polar surface area (TPSA) is 73.2 Å². The van der Waals surface area contributed by atoms with Crippen molar-refractivity contribution in [2.24, 2.45) is 0 Å². The second-order valence-corrected chi connectivity index (χ2v) is 8.96. The van der Waals surface area contributed by atoms with Crippen molar-refractivity contribution in [1.82, 2.24) is 14.9 Å². The zero-order valence-corrected chi connectivity index (χ0v) is 19.9. The fourth-order valence-electron chi connectivity index (χ4n) is 3.82. The van der Waals surface area contributed by atoms with E-state index < -0.39 is 0 Å². The van der Waals surface area contributed by atoms with Crippen LogP contribution >= 0.6 is 11.3 Å². The monoisotopic (exact) mass is 461 g/mol. The highest BCUT2D eigenvalue weighted by Gasteiger charge is 2.14. The molecular weight excluding hydrogens is 434 g/mol. The number of rotatable bonds is 8. The van der Waals surface area contributed by atoms with E-state index in [0.717, 1.165) is 28.0 Å². The van der Waals surface area contributed by atoms with E-state index in [4.69, 9.17) is 4.74 Å². The molecule has 0 saturated carbocycles. The lowest BCUT2D eigenvalue weighted by Gasteiger charge is -2.11. The summed E-state index contributed by atoms with van der Waals surface area (Å²) in [7, 11) is 1.65. The Morgan fingerprint density at radius 1 is 1.12 bits per heavy atom. The van der Waals surface area contributed by atoms with Crippen molar-refractivity contribution in [3.05, 3.63) is 81.2 Å². The molecule has 0 bridgehead atoms. The number of thiophene rings is 1. The van der Waals surface area contributed by atoms with Crippen LogP contribution in [0.5, 0.6) is 5.75 Å². The second kappa shape index (κ2) is 10.0. The molecule has 2 aromatic heterocycles. The van der Waals surface area contributed by atoms with Crippen LogP contribution in [0.1, 0.15) is 23.1 Å². The fourth-order valence-corrected chi connectivity index (χ4v) is 4.73. The minimum Gasteiger partial charge on any atom is -0.496 e. The van der Waals surface area contributed by atoms with Crippen LogP contribution in [0.25, 0.3) is 21.3 Å². The second-order valence-electron chi connectivity index (χ2n) is 8.10. The molecule has 2 aromatic carbocycles. The van der Waals surface area contributed by atoms with E-state index in [9.17, 15) is 9.59 Å². The number of methoxy groups -OCH3 is 1. The van der Waals surface area contributed by atoms with E-state index in [1.54, 1.807) is 7.11 Å². The van der Waals surface area contributed by atoms with Gasteiger partial charge in [0.15, 0.2) is 0 Å². The average Bonchev–Trinajstić information content (AvgIpc) is 3.24. The summed E-state index contributed by atoms with van der Waals surface area (Å²) < 4.78 is 6.92. The van der Waals surface area contributed by atoms with Gasteiger partial charge < -0.3 is 10.1 Å². The summed E-state index contributed by atoms with van der Waals surface area (Å²) in [5.41, 5.74) is 5.14. The van der Waals surface area contributed by atoms with Crippen molar-refractivity contribution in [2.75, 3.05) is 13.7 Å². The third-order valence-electron chi connectivity index (χ3n) is 5.66. The quantitative estimate of drug-likeness (QED) is 0.419. The summed E-state index contributed by atoms with van der Waals surface area (Å²) >= 11 is 1.46. The van der Waals surface area contributed by atoms with E-state index in [1.807, 2.05) is 55.6 Å². The molecule has 1 amide bonds. The molecule has 0 saturated heterocycles. The molecule has 0 atom stereocenters. The van der Waals surface area contributed by atoms with Gasteiger partial charge in [0, 0.05) is 30.5 Å². The van der Waals surface area contributed by atoms with Gasteiger partial charge in [0.1, 0.15) is 10.6 Å². The highest BCUT2D eigenvalue weighted by Crippen LogP contribution is 2.30. The summed E-state index contributed by atoms with van der Waals surface area (Å²) in [4.78, 5) is 30.7.